The Labute approximate surface area is 123 Å². The molecule has 2 aliphatic rings. The number of carbonyl (C=O) groups excluding carboxylic acids is 1. The average Bonchev–Trinajstić information content (AvgIpc) is 2.93. The maximum Gasteiger partial charge on any atom is 0.227 e. The molecule has 0 aromatic heterocycles. The van der Waals surface area contributed by atoms with Gasteiger partial charge in [0.2, 0.25) is 5.91 Å². The quantitative estimate of drug-likeness (QED) is 0.836. The van der Waals surface area contributed by atoms with Crippen molar-refractivity contribution in [2.24, 2.45) is 11.7 Å². The van der Waals surface area contributed by atoms with Gasteiger partial charge >= 0.3 is 0 Å². The minimum absolute atomic E-state index is 0.0755. The van der Waals surface area contributed by atoms with Crippen LogP contribution in [0.2, 0.25) is 0 Å². The predicted octanol–water partition coefficient (Wildman–Crippen LogP) is 1.84. The first-order valence-corrected chi connectivity index (χ1v) is 8.30. The van der Waals surface area contributed by atoms with Crippen molar-refractivity contribution < 1.29 is 4.79 Å². The topological polar surface area (TPSA) is 49.6 Å². The summed E-state index contributed by atoms with van der Waals surface area (Å²) in [5, 5.41) is 0. The van der Waals surface area contributed by atoms with Gasteiger partial charge < -0.3 is 15.5 Å². The second-order valence-corrected chi connectivity index (χ2v) is 6.83. The van der Waals surface area contributed by atoms with Crippen LogP contribution in [0, 0.1) is 5.92 Å². The summed E-state index contributed by atoms with van der Waals surface area (Å²) in [7, 11) is 4.15. The number of nitrogens with two attached hydrogens (primary N) is 1. The highest BCUT2D eigenvalue weighted by Gasteiger charge is 2.35. The molecule has 2 aliphatic carbocycles. The van der Waals surface area contributed by atoms with E-state index in [1.807, 2.05) is 0 Å². The lowest BCUT2D eigenvalue weighted by Gasteiger charge is -2.36. The molecular formula is C16H31N3O. The first-order valence-electron chi connectivity index (χ1n) is 8.30. The largest absolute Gasteiger partial charge is 0.338 e. The van der Waals surface area contributed by atoms with Gasteiger partial charge in [0.25, 0.3) is 0 Å². The number of amides is 1. The predicted molar refractivity (Wildman–Crippen MR) is 82.5 cm³/mol. The monoisotopic (exact) mass is 281 g/mol. The van der Waals surface area contributed by atoms with Crippen LogP contribution in [0.15, 0.2) is 0 Å². The summed E-state index contributed by atoms with van der Waals surface area (Å²) >= 11 is 0. The van der Waals surface area contributed by atoms with Crippen molar-refractivity contribution >= 4 is 5.91 Å². The van der Waals surface area contributed by atoms with Crippen LogP contribution < -0.4 is 5.73 Å². The van der Waals surface area contributed by atoms with Crippen LogP contribution in [0.5, 0.6) is 0 Å². The highest BCUT2D eigenvalue weighted by Crippen LogP contribution is 2.29. The Balaban J connectivity index is 2.01. The SMILES string of the molecule is CN(C)CCN(C(=O)C1CCCCC1N)C1CCCC1. The van der Waals surface area contributed by atoms with E-state index in [-0.39, 0.29) is 12.0 Å². The summed E-state index contributed by atoms with van der Waals surface area (Å²) in [4.78, 5) is 17.3. The van der Waals surface area contributed by atoms with Crippen LogP contribution in [0.3, 0.4) is 0 Å². The van der Waals surface area contributed by atoms with E-state index in [1.54, 1.807) is 0 Å². The smallest absolute Gasteiger partial charge is 0.227 e. The van der Waals surface area contributed by atoms with Crippen LogP contribution in [-0.4, -0.2) is 55.0 Å². The van der Waals surface area contributed by atoms with E-state index in [0.717, 1.165) is 32.4 Å². The molecule has 0 saturated heterocycles. The number of carbonyl (C=O) groups is 1. The van der Waals surface area contributed by atoms with Crippen LogP contribution >= 0.6 is 0 Å². The second-order valence-electron chi connectivity index (χ2n) is 6.83. The third-order valence-corrected chi connectivity index (χ3v) is 4.97. The lowest BCUT2D eigenvalue weighted by atomic mass is 9.84. The van der Waals surface area contributed by atoms with E-state index in [1.165, 1.54) is 32.1 Å². The molecule has 0 heterocycles. The summed E-state index contributed by atoms with van der Waals surface area (Å²) in [6, 6.07) is 0.552. The van der Waals surface area contributed by atoms with Gasteiger partial charge in [0.15, 0.2) is 0 Å². The van der Waals surface area contributed by atoms with Crippen LogP contribution in [0.1, 0.15) is 51.4 Å². The molecule has 2 N–H and O–H groups in total. The maximum absolute atomic E-state index is 12.9. The van der Waals surface area contributed by atoms with Gasteiger partial charge in [-0.05, 0) is 39.8 Å². The summed E-state index contributed by atoms with van der Waals surface area (Å²) in [6.45, 7) is 1.81. The fourth-order valence-electron chi connectivity index (χ4n) is 3.68. The van der Waals surface area contributed by atoms with Crippen molar-refractivity contribution in [1.82, 2.24) is 9.80 Å². The molecule has 0 spiro atoms. The van der Waals surface area contributed by atoms with Gasteiger partial charge in [-0.3, -0.25) is 4.79 Å². The van der Waals surface area contributed by atoms with Crippen LogP contribution in [-0.2, 0) is 4.79 Å². The number of likely N-dealkylation sites (N-methyl/N-ethyl adjacent to an activating group) is 1. The Kier molecular flexibility index (Phi) is 5.85. The Hall–Kier alpha value is -0.610. The van der Waals surface area contributed by atoms with E-state index in [0.29, 0.717) is 11.9 Å². The zero-order valence-corrected chi connectivity index (χ0v) is 13.2. The minimum Gasteiger partial charge on any atom is -0.338 e. The molecule has 116 valence electrons. The van der Waals surface area contributed by atoms with Crippen molar-refractivity contribution in [3.63, 3.8) is 0 Å². The molecule has 4 nitrogen and oxygen atoms in total. The standard InChI is InChI=1S/C16H31N3O/c1-18(2)11-12-19(13-7-3-4-8-13)16(20)14-9-5-6-10-15(14)17/h13-15H,3-12,17H2,1-2H3. The zero-order valence-electron chi connectivity index (χ0n) is 13.2. The fraction of sp³-hybridized carbons (Fsp3) is 0.938. The first-order chi connectivity index (χ1) is 9.59. The summed E-state index contributed by atoms with van der Waals surface area (Å²) in [5.41, 5.74) is 6.21. The zero-order chi connectivity index (χ0) is 14.5. The Morgan fingerprint density at radius 3 is 2.20 bits per heavy atom. The lowest BCUT2D eigenvalue weighted by Crippen LogP contribution is -2.50. The molecule has 20 heavy (non-hydrogen) atoms. The van der Waals surface area contributed by atoms with Crippen molar-refractivity contribution in [2.45, 2.75) is 63.5 Å². The Bertz CT molecular complexity index is 313. The number of hydrogen-bond acceptors (Lipinski definition) is 3. The molecule has 0 bridgehead atoms. The molecular weight excluding hydrogens is 250 g/mol. The molecule has 0 aromatic carbocycles. The van der Waals surface area contributed by atoms with Crippen molar-refractivity contribution in [2.75, 3.05) is 27.2 Å². The first kappa shape index (κ1) is 15.8. The second kappa shape index (κ2) is 7.41. The molecule has 1 amide bonds. The highest BCUT2D eigenvalue weighted by atomic mass is 16.2. The van der Waals surface area contributed by atoms with Crippen molar-refractivity contribution in [3.05, 3.63) is 0 Å². The van der Waals surface area contributed by atoms with E-state index in [9.17, 15) is 4.79 Å². The van der Waals surface area contributed by atoms with Crippen molar-refractivity contribution in [3.8, 4) is 0 Å². The third-order valence-electron chi connectivity index (χ3n) is 4.97. The van der Waals surface area contributed by atoms with Gasteiger partial charge in [-0.2, -0.15) is 0 Å². The molecule has 0 aromatic rings. The van der Waals surface area contributed by atoms with E-state index in [2.05, 4.69) is 23.9 Å². The van der Waals surface area contributed by atoms with Crippen LogP contribution in [0.4, 0.5) is 0 Å². The van der Waals surface area contributed by atoms with Gasteiger partial charge in [0.05, 0.1) is 5.92 Å². The number of hydrogen-bond donors (Lipinski definition) is 1. The van der Waals surface area contributed by atoms with E-state index >= 15 is 0 Å². The van der Waals surface area contributed by atoms with Gasteiger partial charge in [-0.15, -0.1) is 0 Å². The van der Waals surface area contributed by atoms with E-state index in [4.69, 9.17) is 5.73 Å². The third kappa shape index (κ3) is 3.95. The summed E-state index contributed by atoms with van der Waals surface area (Å²) < 4.78 is 0. The molecule has 2 rings (SSSR count). The van der Waals surface area contributed by atoms with Crippen molar-refractivity contribution in [1.29, 1.82) is 0 Å². The van der Waals surface area contributed by atoms with Crippen LogP contribution in [0.25, 0.3) is 0 Å². The van der Waals surface area contributed by atoms with Gasteiger partial charge in [-0.25, -0.2) is 0 Å². The highest BCUT2D eigenvalue weighted by molar-refractivity contribution is 5.80. The molecule has 2 unspecified atom stereocenters. The number of nitrogens with zero attached hydrogens (tertiary/aromatic N) is 2. The fourth-order valence-corrected chi connectivity index (χ4v) is 3.68. The van der Waals surface area contributed by atoms with Gasteiger partial charge in [0.1, 0.15) is 0 Å². The maximum atomic E-state index is 12.9. The summed E-state index contributed by atoms with van der Waals surface area (Å²) in [5.74, 6) is 0.414. The van der Waals surface area contributed by atoms with Gasteiger partial charge in [-0.1, -0.05) is 25.7 Å². The normalized spacial score (nSPS) is 28.0. The molecule has 2 atom stereocenters. The minimum atomic E-state index is 0.0755. The van der Waals surface area contributed by atoms with E-state index < -0.39 is 0 Å². The average molecular weight is 281 g/mol. The number of rotatable bonds is 5. The molecule has 0 radical (unpaired) electrons. The molecule has 4 heteroatoms. The Morgan fingerprint density at radius 1 is 1.00 bits per heavy atom. The lowest BCUT2D eigenvalue weighted by molar-refractivity contribution is -0.139. The van der Waals surface area contributed by atoms with Gasteiger partial charge in [0, 0.05) is 25.2 Å². The molecule has 0 aliphatic heterocycles. The molecule has 2 saturated carbocycles. The summed E-state index contributed by atoms with van der Waals surface area (Å²) in [6.07, 6.45) is 9.26. The Morgan fingerprint density at radius 2 is 1.60 bits per heavy atom. The molecule has 2 fully saturated rings.